The molecular formula is C3H5NO4. The van der Waals surface area contributed by atoms with Crippen LogP contribution in [-0.2, 0) is 14.4 Å². The second-order valence-corrected chi connectivity index (χ2v) is 0.681. The van der Waals surface area contributed by atoms with Gasteiger partial charge in [-0.1, -0.05) is 0 Å². The van der Waals surface area contributed by atoms with E-state index >= 15 is 0 Å². The second-order valence-electron chi connectivity index (χ2n) is 0.681. The zero-order valence-corrected chi connectivity index (χ0v) is 3.96. The Labute approximate surface area is 45.1 Å². The van der Waals surface area contributed by atoms with E-state index in [9.17, 15) is 4.79 Å². The van der Waals surface area contributed by atoms with E-state index in [1.54, 1.807) is 0 Å². The molecule has 0 unspecified atom stereocenters. The molecule has 5 heteroatoms. The van der Waals surface area contributed by atoms with Crippen LogP contribution in [0.4, 0.5) is 0 Å². The number of nitrogens with two attached hydrogens (primary N) is 1. The average Bonchev–Trinajstić information content (AvgIpc) is 1.69. The largest absolute Gasteiger partial charge is 0.480 e. The lowest BCUT2D eigenvalue weighted by Crippen LogP contribution is -2.10. The Hall–Kier alpha value is -1.19. The topological polar surface area (TPSA) is 97.5 Å². The van der Waals surface area contributed by atoms with Crippen LogP contribution in [0.3, 0.4) is 0 Å². The lowest BCUT2D eigenvalue weighted by Gasteiger charge is -1.73. The van der Waals surface area contributed by atoms with Gasteiger partial charge in [0.15, 0.2) is 0 Å². The van der Waals surface area contributed by atoms with Crippen LogP contribution in [0.2, 0.25) is 0 Å². The van der Waals surface area contributed by atoms with Crippen LogP contribution >= 0.6 is 0 Å². The van der Waals surface area contributed by atoms with E-state index in [4.69, 9.17) is 14.7 Å². The number of carbonyl (C=O) groups excluding carboxylic acids is 2. The molecule has 0 rings (SSSR count). The Morgan fingerprint density at radius 2 is 1.75 bits per heavy atom. The maximum Gasteiger partial charge on any atom is 0.373 e. The highest BCUT2D eigenvalue weighted by molar-refractivity contribution is 5.68. The third kappa shape index (κ3) is 106. The zero-order valence-electron chi connectivity index (χ0n) is 3.96. The minimum absolute atomic E-state index is 0.250. The minimum atomic E-state index is -0.968. The Morgan fingerprint density at radius 1 is 1.62 bits per heavy atom. The molecule has 0 fully saturated rings. The first kappa shape index (κ1) is 9.94. The third-order valence-corrected chi connectivity index (χ3v) is 0.175. The summed E-state index contributed by atoms with van der Waals surface area (Å²) in [5.74, 6) is -0.968. The highest BCUT2D eigenvalue weighted by Crippen LogP contribution is 1.43. The van der Waals surface area contributed by atoms with E-state index in [0.717, 1.165) is 0 Å². The van der Waals surface area contributed by atoms with Crippen LogP contribution in [0.1, 0.15) is 0 Å². The maximum absolute atomic E-state index is 9.24. The molecule has 0 saturated carbocycles. The van der Waals surface area contributed by atoms with Crippen LogP contribution < -0.4 is 5.73 Å². The van der Waals surface area contributed by atoms with Crippen LogP contribution in [0.15, 0.2) is 0 Å². The molecule has 0 aromatic heterocycles. The van der Waals surface area contributed by atoms with Crippen molar-refractivity contribution in [1.29, 1.82) is 0 Å². The van der Waals surface area contributed by atoms with E-state index in [-0.39, 0.29) is 12.7 Å². The van der Waals surface area contributed by atoms with Crippen molar-refractivity contribution < 1.29 is 19.5 Å². The predicted octanol–water partition coefficient (Wildman–Crippen LogP) is -1.55. The maximum atomic E-state index is 9.24. The molecule has 0 aromatic rings. The molecule has 0 radical (unpaired) electrons. The first-order chi connectivity index (χ1) is 3.68. The molecule has 0 aromatic carbocycles. The van der Waals surface area contributed by atoms with Gasteiger partial charge < -0.3 is 10.8 Å². The molecule has 0 heterocycles. The van der Waals surface area contributed by atoms with Gasteiger partial charge in [0, 0.05) is 0 Å². The number of carboxylic acid groups (broad SMARTS) is 1. The van der Waals surface area contributed by atoms with Crippen molar-refractivity contribution in [3.8, 4) is 0 Å². The molecule has 0 aliphatic rings. The summed E-state index contributed by atoms with van der Waals surface area (Å²) < 4.78 is 0. The van der Waals surface area contributed by atoms with Crippen LogP contribution in [0.25, 0.3) is 0 Å². The summed E-state index contributed by atoms with van der Waals surface area (Å²) in [7, 11) is 0. The lowest BCUT2D eigenvalue weighted by atomic mass is 10.7. The van der Waals surface area contributed by atoms with Crippen LogP contribution in [0.5, 0.6) is 0 Å². The van der Waals surface area contributed by atoms with Gasteiger partial charge in [0.25, 0.3) is 0 Å². The fourth-order valence-corrected chi connectivity index (χ4v) is 0. The van der Waals surface area contributed by atoms with E-state index < -0.39 is 5.97 Å². The van der Waals surface area contributed by atoms with Gasteiger partial charge in [0.05, 0.1) is 6.54 Å². The smallest absolute Gasteiger partial charge is 0.373 e. The number of aliphatic carboxylic acids is 1. The van der Waals surface area contributed by atoms with Crippen molar-refractivity contribution in [3.63, 3.8) is 0 Å². The molecule has 0 aliphatic heterocycles. The van der Waals surface area contributed by atoms with E-state index in [2.05, 4.69) is 5.73 Å². The average molecular weight is 119 g/mol. The molecule has 0 saturated heterocycles. The van der Waals surface area contributed by atoms with Gasteiger partial charge >= 0.3 is 12.1 Å². The van der Waals surface area contributed by atoms with Crippen molar-refractivity contribution in [3.05, 3.63) is 0 Å². The fraction of sp³-hybridized carbons (Fsp3) is 0.333. The molecule has 8 heavy (non-hydrogen) atoms. The summed E-state index contributed by atoms with van der Waals surface area (Å²) in [5.41, 5.74) is 4.57. The molecular weight excluding hydrogens is 114 g/mol. The molecule has 5 nitrogen and oxygen atoms in total. The molecule has 46 valence electrons. The number of hydrogen-bond acceptors (Lipinski definition) is 4. The molecule has 0 bridgehead atoms. The summed E-state index contributed by atoms with van der Waals surface area (Å²) in [6.45, 7) is -0.278. The van der Waals surface area contributed by atoms with Gasteiger partial charge in [-0.05, 0) is 0 Å². The molecule has 0 aliphatic carbocycles. The summed E-state index contributed by atoms with van der Waals surface area (Å²) in [4.78, 5) is 25.5. The number of carbonyl (C=O) groups is 1. The number of rotatable bonds is 1. The van der Waals surface area contributed by atoms with Crippen molar-refractivity contribution in [2.24, 2.45) is 5.73 Å². The van der Waals surface area contributed by atoms with Crippen molar-refractivity contribution in [1.82, 2.24) is 0 Å². The zero-order chi connectivity index (χ0) is 6.99. The van der Waals surface area contributed by atoms with Crippen molar-refractivity contribution >= 4 is 12.1 Å². The van der Waals surface area contributed by atoms with E-state index in [1.165, 1.54) is 0 Å². The second kappa shape index (κ2) is 9.26. The fourth-order valence-electron chi connectivity index (χ4n) is 0. The van der Waals surface area contributed by atoms with Crippen molar-refractivity contribution in [2.75, 3.05) is 6.54 Å². The highest BCUT2D eigenvalue weighted by atomic mass is 16.4. The van der Waals surface area contributed by atoms with E-state index in [1.807, 2.05) is 0 Å². The Kier molecular flexibility index (Phi) is 11.5. The molecule has 0 atom stereocenters. The summed E-state index contributed by atoms with van der Waals surface area (Å²) in [6, 6.07) is 0. The standard InChI is InChI=1S/C2H5NO2.CO2/c3-1-2(4)5;2-1-3/h1,3H2,(H,4,5);. The third-order valence-electron chi connectivity index (χ3n) is 0.175. The lowest BCUT2D eigenvalue weighted by molar-refractivity contribution is -0.191. The van der Waals surface area contributed by atoms with Gasteiger partial charge in [0.2, 0.25) is 0 Å². The number of hydrogen-bond donors (Lipinski definition) is 2. The monoisotopic (exact) mass is 119 g/mol. The summed E-state index contributed by atoms with van der Waals surface area (Å²) in [5, 5.41) is 7.60. The van der Waals surface area contributed by atoms with Crippen molar-refractivity contribution in [2.45, 2.75) is 0 Å². The predicted molar refractivity (Wildman–Crippen MR) is 21.7 cm³/mol. The summed E-state index contributed by atoms with van der Waals surface area (Å²) >= 11 is 0. The first-order valence-electron chi connectivity index (χ1n) is 1.60. The van der Waals surface area contributed by atoms with E-state index in [0.29, 0.717) is 0 Å². The Balaban J connectivity index is 0. The Bertz CT molecular complexity index is 93.5. The summed E-state index contributed by atoms with van der Waals surface area (Å²) in [6.07, 6.45) is 0.250. The molecule has 0 amide bonds. The quantitative estimate of drug-likeness (QED) is 0.435. The van der Waals surface area contributed by atoms with Gasteiger partial charge in [-0.2, -0.15) is 9.59 Å². The normalized spacial score (nSPS) is 5.62. The van der Waals surface area contributed by atoms with Gasteiger partial charge in [-0.3, -0.25) is 4.79 Å². The van der Waals surface area contributed by atoms with Crippen LogP contribution in [0, 0.1) is 0 Å². The van der Waals surface area contributed by atoms with Gasteiger partial charge in [0.1, 0.15) is 0 Å². The first-order valence-corrected chi connectivity index (χ1v) is 1.60. The van der Waals surface area contributed by atoms with Gasteiger partial charge in [-0.25, -0.2) is 0 Å². The molecule has 3 N–H and O–H groups in total. The van der Waals surface area contributed by atoms with Crippen LogP contribution in [-0.4, -0.2) is 23.8 Å². The minimum Gasteiger partial charge on any atom is -0.480 e. The molecule has 0 spiro atoms. The Morgan fingerprint density at radius 3 is 1.75 bits per heavy atom. The highest BCUT2D eigenvalue weighted by Gasteiger charge is 1.81. The number of carboxylic acids is 1. The SMILES string of the molecule is NCC(=O)O.O=C=O. The van der Waals surface area contributed by atoms with Gasteiger partial charge in [-0.15, -0.1) is 0 Å².